The molecule has 168 valence electrons. The number of aromatic nitrogens is 7. The third-order valence-electron chi connectivity index (χ3n) is 5.73. The number of hydrogen-bond donors (Lipinski definition) is 1. The van der Waals surface area contributed by atoms with Gasteiger partial charge in [0.2, 0.25) is 0 Å². The van der Waals surface area contributed by atoms with E-state index in [2.05, 4.69) is 25.3 Å². The van der Waals surface area contributed by atoms with Crippen LogP contribution in [0.2, 0.25) is 0 Å². The molecule has 1 saturated heterocycles. The lowest BCUT2D eigenvalue weighted by Crippen LogP contribution is -2.28. The topological polar surface area (TPSA) is 114 Å². The summed E-state index contributed by atoms with van der Waals surface area (Å²) in [7, 11) is 0. The van der Waals surface area contributed by atoms with E-state index in [1.807, 2.05) is 19.1 Å². The van der Waals surface area contributed by atoms with Crippen molar-refractivity contribution < 1.29 is 13.9 Å². The van der Waals surface area contributed by atoms with Crippen molar-refractivity contribution in [2.75, 3.05) is 11.5 Å². The number of carbonyl (C=O) groups is 1. The number of amides is 1. The van der Waals surface area contributed by atoms with Crippen LogP contribution in [0.4, 0.5) is 15.0 Å². The number of rotatable bonds is 4. The number of H-pyrrole nitrogens is 1. The highest BCUT2D eigenvalue weighted by molar-refractivity contribution is 5.90. The zero-order chi connectivity index (χ0) is 23.2. The molecule has 0 radical (unpaired) electrons. The van der Waals surface area contributed by atoms with Crippen LogP contribution in [0, 0.1) is 12.7 Å². The third-order valence-corrected chi connectivity index (χ3v) is 5.73. The molecule has 34 heavy (non-hydrogen) atoms. The summed E-state index contributed by atoms with van der Waals surface area (Å²) in [5, 5.41) is 10.8. The molecule has 1 amide bonds. The van der Waals surface area contributed by atoms with E-state index in [-0.39, 0.29) is 24.0 Å². The molecule has 0 unspecified atom stereocenters. The maximum atomic E-state index is 14.8. The third kappa shape index (κ3) is 3.25. The van der Waals surface area contributed by atoms with E-state index in [1.165, 1.54) is 17.3 Å². The summed E-state index contributed by atoms with van der Waals surface area (Å²) in [6.45, 7) is 2.09. The Bertz CT molecular complexity index is 1510. The number of pyridine rings is 1. The van der Waals surface area contributed by atoms with Gasteiger partial charge in [0.1, 0.15) is 30.6 Å². The van der Waals surface area contributed by atoms with Crippen LogP contribution in [0.1, 0.15) is 17.3 Å². The maximum Gasteiger partial charge on any atom is 0.416 e. The molecule has 0 aliphatic carbocycles. The second-order valence-electron chi connectivity index (χ2n) is 7.83. The largest absolute Gasteiger partial charge is 0.447 e. The number of halogens is 1. The highest BCUT2D eigenvalue weighted by Crippen LogP contribution is 2.34. The molecular weight excluding hydrogens is 439 g/mol. The Hall–Kier alpha value is -4.67. The summed E-state index contributed by atoms with van der Waals surface area (Å²) in [5.74, 6) is 0.205. The minimum absolute atomic E-state index is 0.191. The lowest BCUT2D eigenvalue weighted by molar-refractivity contribution is 0.179. The normalized spacial score (nSPS) is 15.8. The van der Waals surface area contributed by atoms with Crippen molar-refractivity contribution in [2.45, 2.75) is 13.0 Å². The van der Waals surface area contributed by atoms with Crippen molar-refractivity contribution in [3.8, 4) is 22.5 Å². The van der Waals surface area contributed by atoms with Crippen LogP contribution in [0.25, 0.3) is 28.2 Å². The van der Waals surface area contributed by atoms with E-state index in [0.29, 0.717) is 22.6 Å². The van der Waals surface area contributed by atoms with Gasteiger partial charge in [0.15, 0.2) is 11.5 Å². The number of fused-ring (bicyclic) bond motifs is 1. The van der Waals surface area contributed by atoms with Crippen LogP contribution < -0.4 is 4.90 Å². The SMILES string of the molecule is Cc1ccc([C@@H]2COC(=O)N2c2ccn3ncc(-c4ccc(-c5nc[nH]n5)c(F)c4)c3n2)cn1. The van der Waals surface area contributed by atoms with Gasteiger partial charge in [0.25, 0.3) is 0 Å². The Morgan fingerprint density at radius 1 is 1.12 bits per heavy atom. The fourth-order valence-corrected chi connectivity index (χ4v) is 4.00. The quantitative estimate of drug-likeness (QED) is 0.438. The molecule has 1 aliphatic heterocycles. The van der Waals surface area contributed by atoms with Crippen molar-refractivity contribution in [2.24, 2.45) is 0 Å². The van der Waals surface area contributed by atoms with Gasteiger partial charge in [-0.1, -0.05) is 12.1 Å². The predicted octanol–water partition coefficient (Wildman–Crippen LogP) is 3.72. The first kappa shape index (κ1) is 20.0. The molecule has 1 N–H and O–H groups in total. The summed E-state index contributed by atoms with van der Waals surface area (Å²) in [6.07, 6.45) is 5.94. The van der Waals surface area contributed by atoms with E-state index < -0.39 is 11.9 Å². The van der Waals surface area contributed by atoms with Crippen LogP contribution in [-0.2, 0) is 4.74 Å². The Kier molecular flexibility index (Phi) is 4.54. The number of cyclic esters (lactones) is 1. The van der Waals surface area contributed by atoms with E-state index in [9.17, 15) is 9.18 Å². The summed E-state index contributed by atoms with van der Waals surface area (Å²) >= 11 is 0. The molecule has 1 atom stereocenters. The maximum absolute atomic E-state index is 14.8. The molecule has 5 heterocycles. The molecule has 0 bridgehead atoms. The Labute approximate surface area is 192 Å². The van der Waals surface area contributed by atoms with Gasteiger partial charge in [-0.05, 0) is 42.3 Å². The second kappa shape index (κ2) is 7.73. The van der Waals surface area contributed by atoms with Crippen LogP contribution in [0.5, 0.6) is 0 Å². The molecule has 1 fully saturated rings. The van der Waals surface area contributed by atoms with Crippen LogP contribution >= 0.6 is 0 Å². The van der Waals surface area contributed by atoms with Gasteiger partial charge in [-0.15, -0.1) is 0 Å². The average Bonchev–Trinajstić information content (AvgIpc) is 3.59. The van der Waals surface area contributed by atoms with Crippen molar-refractivity contribution in [3.63, 3.8) is 0 Å². The molecule has 0 spiro atoms. The number of aryl methyl sites for hydroxylation is 1. The minimum Gasteiger partial charge on any atom is -0.447 e. The number of hydrogen-bond acceptors (Lipinski definition) is 7. The van der Waals surface area contributed by atoms with Gasteiger partial charge < -0.3 is 4.74 Å². The highest BCUT2D eigenvalue weighted by Gasteiger charge is 2.36. The first-order valence-electron chi connectivity index (χ1n) is 10.5. The summed E-state index contributed by atoms with van der Waals surface area (Å²) in [5.41, 5.74) is 3.68. The second-order valence-corrected chi connectivity index (χ2v) is 7.83. The van der Waals surface area contributed by atoms with Crippen LogP contribution in [0.15, 0.2) is 61.3 Å². The Balaban J connectivity index is 1.40. The smallest absolute Gasteiger partial charge is 0.416 e. The number of nitrogens with one attached hydrogen (secondary N) is 1. The van der Waals surface area contributed by atoms with Crippen molar-refractivity contribution in [1.82, 2.24) is 34.8 Å². The number of carbonyl (C=O) groups excluding carboxylic acids is 1. The van der Waals surface area contributed by atoms with Gasteiger partial charge in [-0.2, -0.15) is 10.2 Å². The Morgan fingerprint density at radius 2 is 2.03 bits per heavy atom. The zero-order valence-corrected chi connectivity index (χ0v) is 17.9. The van der Waals surface area contributed by atoms with Crippen molar-refractivity contribution in [1.29, 1.82) is 0 Å². The fraction of sp³-hybridized carbons (Fsp3) is 0.130. The summed E-state index contributed by atoms with van der Waals surface area (Å²) in [6, 6.07) is 9.90. The van der Waals surface area contributed by atoms with Crippen LogP contribution in [-0.4, -0.2) is 47.5 Å². The van der Waals surface area contributed by atoms with E-state index in [0.717, 1.165) is 11.3 Å². The van der Waals surface area contributed by atoms with E-state index >= 15 is 0 Å². The van der Waals surface area contributed by atoms with Crippen LogP contribution in [0.3, 0.4) is 0 Å². The first-order chi connectivity index (χ1) is 16.6. The van der Waals surface area contributed by atoms with E-state index in [1.54, 1.807) is 41.3 Å². The Morgan fingerprint density at radius 3 is 2.79 bits per heavy atom. The number of nitrogens with zero attached hydrogens (tertiary/aromatic N) is 7. The standard InChI is InChI=1S/C23H17FN8O2/c1-13-2-3-15(9-25-13)19-11-34-23(33)32(19)20-6-7-31-22(29-20)17(10-28-31)14-4-5-16(18(24)8-14)21-26-12-27-30-21/h2-10,12,19H,11H2,1H3,(H,26,27,30)/t19-/m0/s1. The van der Waals surface area contributed by atoms with Gasteiger partial charge in [0, 0.05) is 23.7 Å². The average molecular weight is 456 g/mol. The monoisotopic (exact) mass is 456 g/mol. The minimum atomic E-state index is -0.495. The summed E-state index contributed by atoms with van der Waals surface area (Å²) in [4.78, 5) is 27.1. The number of benzene rings is 1. The molecule has 0 saturated carbocycles. The first-order valence-corrected chi connectivity index (χ1v) is 10.5. The van der Waals surface area contributed by atoms with Gasteiger partial charge in [0.05, 0.1) is 11.8 Å². The predicted molar refractivity (Wildman–Crippen MR) is 119 cm³/mol. The molecule has 11 heteroatoms. The van der Waals surface area contributed by atoms with Gasteiger partial charge >= 0.3 is 6.09 Å². The zero-order valence-electron chi connectivity index (χ0n) is 17.9. The van der Waals surface area contributed by atoms with Gasteiger partial charge in [-0.25, -0.2) is 23.7 Å². The molecule has 1 aromatic carbocycles. The van der Waals surface area contributed by atoms with Crippen molar-refractivity contribution in [3.05, 3.63) is 78.4 Å². The lowest BCUT2D eigenvalue weighted by Gasteiger charge is -2.20. The fourth-order valence-electron chi connectivity index (χ4n) is 4.00. The highest BCUT2D eigenvalue weighted by atomic mass is 19.1. The number of aromatic amines is 1. The number of anilines is 1. The number of ether oxygens (including phenoxy) is 1. The molecular formula is C23H17FN8O2. The van der Waals surface area contributed by atoms with E-state index in [4.69, 9.17) is 9.72 Å². The van der Waals surface area contributed by atoms with Crippen molar-refractivity contribution >= 4 is 17.6 Å². The molecule has 10 nitrogen and oxygen atoms in total. The molecule has 6 rings (SSSR count). The molecule has 4 aromatic heterocycles. The van der Waals surface area contributed by atoms with Gasteiger partial charge in [-0.3, -0.25) is 15.0 Å². The molecule has 5 aromatic rings. The summed E-state index contributed by atoms with van der Waals surface area (Å²) < 4.78 is 21.7. The lowest BCUT2D eigenvalue weighted by atomic mass is 10.1. The molecule has 1 aliphatic rings.